The average Bonchev–Trinajstić information content (AvgIpc) is 3.16. The van der Waals surface area contributed by atoms with E-state index in [1.54, 1.807) is 0 Å². The van der Waals surface area contributed by atoms with Crippen molar-refractivity contribution >= 4 is 34.6 Å². The fourth-order valence-corrected chi connectivity index (χ4v) is 3.54. The predicted octanol–water partition coefficient (Wildman–Crippen LogP) is 3.24. The minimum absolute atomic E-state index is 0.0649. The van der Waals surface area contributed by atoms with Gasteiger partial charge in [-0.2, -0.15) is 0 Å². The Balaban J connectivity index is 1.65. The molecule has 3 N–H and O–H groups in total. The number of aromatic amines is 1. The van der Waals surface area contributed by atoms with Crippen LogP contribution in [0.25, 0.3) is 11.0 Å². The number of imidazole rings is 1. The highest BCUT2D eigenvalue weighted by molar-refractivity contribution is 8.00. The van der Waals surface area contributed by atoms with Crippen molar-refractivity contribution in [3.63, 3.8) is 0 Å². The molecular formula is C20H20F2N4O2S. The molecule has 0 saturated heterocycles. The molecule has 3 rings (SSSR count). The van der Waals surface area contributed by atoms with Crippen molar-refractivity contribution in [3.8, 4) is 0 Å². The van der Waals surface area contributed by atoms with Crippen molar-refractivity contribution in [2.75, 3.05) is 12.8 Å². The molecule has 2 amide bonds. The summed E-state index contributed by atoms with van der Waals surface area (Å²) in [6.45, 7) is 1.92. The first-order valence-electron chi connectivity index (χ1n) is 8.91. The summed E-state index contributed by atoms with van der Waals surface area (Å²) in [6.07, 6.45) is 0. The van der Waals surface area contributed by atoms with E-state index in [-0.39, 0.29) is 16.6 Å². The van der Waals surface area contributed by atoms with Gasteiger partial charge in [0, 0.05) is 7.05 Å². The molecule has 0 aliphatic rings. The molecule has 0 spiro atoms. The van der Waals surface area contributed by atoms with Gasteiger partial charge in [-0.15, -0.1) is 11.8 Å². The number of H-pyrrole nitrogens is 1. The number of likely N-dealkylation sites (N-methyl/N-ethyl adjacent to an activating group) is 1. The SMILES string of the molecule is CNC(=O)C(NC(=O)CSC(C)c1nc2ccccc2[nH]1)c1ccc(F)c(F)c1. The third-order valence-corrected chi connectivity index (χ3v) is 5.50. The summed E-state index contributed by atoms with van der Waals surface area (Å²) >= 11 is 1.34. The number of nitrogens with one attached hydrogen (secondary N) is 3. The highest BCUT2D eigenvalue weighted by Crippen LogP contribution is 2.27. The molecule has 2 unspecified atom stereocenters. The number of amides is 2. The normalized spacial score (nSPS) is 13.1. The van der Waals surface area contributed by atoms with E-state index in [9.17, 15) is 18.4 Å². The Morgan fingerprint density at radius 1 is 1.17 bits per heavy atom. The zero-order valence-electron chi connectivity index (χ0n) is 15.8. The number of rotatable bonds is 7. The number of fused-ring (bicyclic) bond motifs is 1. The van der Waals surface area contributed by atoms with Crippen LogP contribution in [0.1, 0.15) is 29.6 Å². The third kappa shape index (κ3) is 4.92. The van der Waals surface area contributed by atoms with Gasteiger partial charge in [-0.05, 0) is 36.8 Å². The van der Waals surface area contributed by atoms with Gasteiger partial charge in [0.2, 0.25) is 11.8 Å². The summed E-state index contributed by atoms with van der Waals surface area (Å²) in [7, 11) is 1.40. The Labute approximate surface area is 170 Å². The van der Waals surface area contributed by atoms with Crippen molar-refractivity contribution in [1.82, 2.24) is 20.6 Å². The molecule has 0 aliphatic heterocycles. The zero-order valence-corrected chi connectivity index (χ0v) is 16.6. The van der Waals surface area contributed by atoms with E-state index in [0.29, 0.717) is 0 Å². The number of hydrogen-bond donors (Lipinski definition) is 3. The standard InChI is InChI=1S/C20H20F2N4O2S/c1-11(19-24-15-5-3-4-6-16(15)25-19)29-10-17(27)26-18(20(28)23-2)12-7-8-13(21)14(22)9-12/h3-9,11,18H,10H2,1-2H3,(H,23,28)(H,24,25)(H,26,27). The average molecular weight is 418 g/mol. The second-order valence-corrected chi connectivity index (χ2v) is 7.71. The number of halogens is 2. The molecule has 0 fully saturated rings. The maximum atomic E-state index is 13.5. The minimum Gasteiger partial charge on any atom is -0.357 e. The lowest BCUT2D eigenvalue weighted by Crippen LogP contribution is -2.40. The number of carbonyl (C=O) groups excluding carboxylic acids is 2. The maximum Gasteiger partial charge on any atom is 0.246 e. The van der Waals surface area contributed by atoms with Gasteiger partial charge < -0.3 is 15.6 Å². The molecule has 1 heterocycles. The van der Waals surface area contributed by atoms with Crippen LogP contribution in [-0.4, -0.2) is 34.6 Å². The molecule has 29 heavy (non-hydrogen) atoms. The number of para-hydroxylation sites is 2. The van der Waals surface area contributed by atoms with Crippen LogP contribution in [0, 0.1) is 11.6 Å². The summed E-state index contributed by atoms with van der Waals surface area (Å²) in [5, 5.41) is 4.90. The lowest BCUT2D eigenvalue weighted by Gasteiger charge is -2.18. The highest BCUT2D eigenvalue weighted by atomic mass is 32.2. The molecule has 2 atom stereocenters. The monoisotopic (exact) mass is 418 g/mol. The topological polar surface area (TPSA) is 86.9 Å². The molecule has 0 radical (unpaired) electrons. The fourth-order valence-electron chi connectivity index (χ4n) is 2.78. The second-order valence-electron chi connectivity index (χ2n) is 6.38. The van der Waals surface area contributed by atoms with Crippen LogP contribution < -0.4 is 10.6 Å². The summed E-state index contributed by atoms with van der Waals surface area (Å²) in [5.41, 5.74) is 1.92. The van der Waals surface area contributed by atoms with Crippen molar-refractivity contribution in [2.24, 2.45) is 0 Å². The van der Waals surface area contributed by atoms with Crippen molar-refractivity contribution in [3.05, 3.63) is 65.5 Å². The molecule has 1 aromatic heterocycles. The van der Waals surface area contributed by atoms with Crippen molar-refractivity contribution in [1.29, 1.82) is 0 Å². The second kappa shape index (κ2) is 9.04. The summed E-state index contributed by atoms with van der Waals surface area (Å²) < 4.78 is 26.7. The van der Waals surface area contributed by atoms with Gasteiger partial charge in [0.25, 0.3) is 0 Å². The number of thioether (sulfide) groups is 1. The van der Waals surface area contributed by atoms with E-state index in [2.05, 4.69) is 20.6 Å². The third-order valence-electron chi connectivity index (χ3n) is 4.35. The van der Waals surface area contributed by atoms with Crippen molar-refractivity contribution in [2.45, 2.75) is 18.2 Å². The van der Waals surface area contributed by atoms with E-state index in [4.69, 9.17) is 0 Å². The summed E-state index contributed by atoms with van der Waals surface area (Å²) in [4.78, 5) is 32.3. The minimum atomic E-state index is -1.12. The smallest absolute Gasteiger partial charge is 0.246 e. The largest absolute Gasteiger partial charge is 0.357 e. The van der Waals surface area contributed by atoms with Crippen LogP contribution in [0.15, 0.2) is 42.5 Å². The zero-order chi connectivity index (χ0) is 21.0. The van der Waals surface area contributed by atoms with E-state index in [0.717, 1.165) is 29.0 Å². The highest BCUT2D eigenvalue weighted by Gasteiger charge is 2.23. The first-order valence-corrected chi connectivity index (χ1v) is 9.96. The van der Waals surface area contributed by atoms with Crippen LogP contribution in [0.5, 0.6) is 0 Å². The lowest BCUT2D eigenvalue weighted by atomic mass is 10.1. The van der Waals surface area contributed by atoms with Crippen LogP contribution in [-0.2, 0) is 9.59 Å². The summed E-state index contributed by atoms with van der Waals surface area (Å²) in [5.74, 6) is -2.23. The van der Waals surface area contributed by atoms with E-state index >= 15 is 0 Å². The van der Waals surface area contributed by atoms with Crippen molar-refractivity contribution < 1.29 is 18.4 Å². The van der Waals surface area contributed by atoms with E-state index in [1.165, 1.54) is 24.9 Å². The first-order chi connectivity index (χ1) is 13.9. The quantitative estimate of drug-likeness (QED) is 0.550. The molecule has 6 nitrogen and oxygen atoms in total. The number of hydrogen-bond acceptors (Lipinski definition) is 4. The maximum absolute atomic E-state index is 13.5. The Hall–Kier alpha value is -2.94. The Bertz CT molecular complexity index is 1010. The molecular weight excluding hydrogens is 398 g/mol. The molecule has 9 heteroatoms. The number of nitrogens with zero attached hydrogens (tertiary/aromatic N) is 1. The Morgan fingerprint density at radius 3 is 2.62 bits per heavy atom. The molecule has 152 valence electrons. The number of aromatic nitrogens is 2. The first kappa shape index (κ1) is 20.8. The van der Waals surface area contributed by atoms with Crippen LogP contribution in [0.2, 0.25) is 0 Å². The van der Waals surface area contributed by atoms with Gasteiger partial charge >= 0.3 is 0 Å². The number of benzene rings is 2. The lowest BCUT2D eigenvalue weighted by molar-refractivity contribution is -0.127. The molecule has 0 bridgehead atoms. The van der Waals surface area contributed by atoms with Crippen LogP contribution in [0.4, 0.5) is 8.78 Å². The van der Waals surface area contributed by atoms with Gasteiger partial charge in [0.1, 0.15) is 11.9 Å². The van der Waals surface area contributed by atoms with Crippen LogP contribution in [0.3, 0.4) is 0 Å². The van der Waals surface area contributed by atoms with Crippen LogP contribution >= 0.6 is 11.8 Å². The molecule has 0 saturated carbocycles. The Morgan fingerprint density at radius 2 is 1.93 bits per heavy atom. The van der Waals surface area contributed by atoms with Gasteiger partial charge in [0.05, 0.1) is 22.0 Å². The van der Waals surface area contributed by atoms with E-state index in [1.807, 2.05) is 31.2 Å². The van der Waals surface area contributed by atoms with Gasteiger partial charge in [0.15, 0.2) is 11.6 Å². The molecule has 3 aromatic rings. The van der Waals surface area contributed by atoms with E-state index < -0.39 is 29.5 Å². The fraction of sp³-hybridized carbons (Fsp3) is 0.250. The van der Waals surface area contributed by atoms with Gasteiger partial charge in [-0.25, -0.2) is 13.8 Å². The van der Waals surface area contributed by atoms with Gasteiger partial charge in [-0.3, -0.25) is 9.59 Å². The Kier molecular flexibility index (Phi) is 6.48. The molecule has 2 aromatic carbocycles. The molecule has 0 aliphatic carbocycles. The predicted molar refractivity (Wildman–Crippen MR) is 108 cm³/mol. The van der Waals surface area contributed by atoms with Gasteiger partial charge in [-0.1, -0.05) is 18.2 Å². The summed E-state index contributed by atoms with van der Waals surface area (Å²) in [6, 6.07) is 9.60. The number of carbonyl (C=O) groups is 2.